The summed E-state index contributed by atoms with van der Waals surface area (Å²) >= 11 is 3.38. The molecule has 1 amide bonds. The number of halogens is 1. The quantitative estimate of drug-likeness (QED) is 0.902. The van der Waals surface area contributed by atoms with Crippen molar-refractivity contribution in [1.29, 1.82) is 5.26 Å². The van der Waals surface area contributed by atoms with Crippen LogP contribution in [0.2, 0.25) is 0 Å². The molecule has 1 N–H and O–H groups in total. The van der Waals surface area contributed by atoms with E-state index < -0.39 is 0 Å². The SMILES string of the molecule is N#CCOc1ccc(NC(=O)Cc2cccc(Br)c2)cc1. The number of nitrogens with one attached hydrogen (secondary N) is 1. The number of ether oxygens (including phenoxy) is 1. The van der Waals surface area contributed by atoms with Gasteiger partial charge in [-0.1, -0.05) is 28.1 Å². The second-order valence-corrected chi connectivity index (χ2v) is 5.24. The van der Waals surface area contributed by atoms with Crippen molar-refractivity contribution in [2.24, 2.45) is 0 Å². The van der Waals surface area contributed by atoms with Crippen LogP contribution < -0.4 is 10.1 Å². The zero-order valence-corrected chi connectivity index (χ0v) is 12.8. The molecular weight excluding hydrogens is 332 g/mol. The van der Waals surface area contributed by atoms with Gasteiger partial charge in [0.05, 0.1) is 6.42 Å². The molecule has 106 valence electrons. The highest BCUT2D eigenvalue weighted by molar-refractivity contribution is 9.10. The van der Waals surface area contributed by atoms with Gasteiger partial charge in [-0.05, 0) is 42.0 Å². The van der Waals surface area contributed by atoms with E-state index in [4.69, 9.17) is 10.00 Å². The molecule has 2 aromatic carbocycles. The van der Waals surface area contributed by atoms with Crippen LogP contribution in [0.1, 0.15) is 5.56 Å². The first-order valence-electron chi connectivity index (χ1n) is 6.31. The lowest BCUT2D eigenvalue weighted by Crippen LogP contribution is -2.14. The summed E-state index contributed by atoms with van der Waals surface area (Å²) in [5, 5.41) is 11.2. The molecule has 0 spiro atoms. The number of benzene rings is 2. The van der Waals surface area contributed by atoms with Crippen LogP contribution in [0, 0.1) is 11.3 Å². The van der Waals surface area contributed by atoms with E-state index in [0.717, 1.165) is 10.0 Å². The molecule has 0 aliphatic carbocycles. The third-order valence-electron chi connectivity index (χ3n) is 2.70. The molecule has 0 unspecified atom stereocenters. The van der Waals surface area contributed by atoms with Crippen molar-refractivity contribution in [3.8, 4) is 11.8 Å². The van der Waals surface area contributed by atoms with Gasteiger partial charge in [0.2, 0.25) is 5.91 Å². The molecule has 0 bridgehead atoms. The summed E-state index contributed by atoms with van der Waals surface area (Å²) in [6.45, 7) is 0.00852. The molecule has 21 heavy (non-hydrogen) atoms. The van der Waals surface area contributed by atoms with Gasteiger partial charge >= 0.3 is 0 Å². The maximum absolute atomic E-state index is 11.9. The van der Waals surface area contributed by atoms with E-state index in [2.05, 4.69) is 21.2 Å². The third-order valence-corrected chi connectivity index (χ3v) is 3.19. The van der Waals surface area contributed by atoms with Gasteiger partial charge in [-0.3, -0.25) is 4.79 Å². The lowest BCUT2D eigenvalue weighted by Gasteiger charge is -2.07. The number of nitriles is 1. The molecule has 0 aliphatic heterocycles. The van der Waals surface area contributed by atoms with Crippen molar-refractivity contribution in [2.75, 3.05) is 11.9 Å². The predicted molar refractivity (Wildman–Crippen MR) is 84.0 cm³/mol. The molecule has 0 saturated heterocycles. The van der Waals surface area contributed by atoms with Crippen LogP contribution in [0.15, 0.2) is 53.0 Å². The monoisotopic (exact) mass is 344 g/mol. The van der Waals surface area contributed by atoms with E-state index in [0.29, 0.717) is 17.9 Å². The van der Waals surface area contributed by atoms with Crippen molar-refractivity contribution < 1.29 is 9.53 Å². The van der Waals surface area contributed by atoms with E-state index in [1.165, 1.54) is 0 Å². The summed E-state index contributed by atoms with van der Waals surface area (Å²) in [7, 11) is 0. The topological polar surface area (TPSA) is 62.1 Å². The molecule has 5 heteroatoms. The Labute approximate surface area is 131 Å². The summed E-state index contributed by atoms with van der Waals surface area (Å²) < 4.78 is 6.10. The Morgan fingerprint density at radius 2 is 2.00 bits per heavy atom. The highest BCUT2D eigenvalue weighted by atomic mass is 79.9. The Bertz CT molecular complexity index is 663. The fraction of sp³-hybridized carbons (Fsp3) is 0.125. The smallest absolute Gasteiger partial charge is 0.228 e. The number of carbonyl (C=O) groups excluding carboxylic acids is 1. The molecule has 0 heterocycles. The lowest BCUT2D eigenvalue weighted by atomic mass is 10.1. The standard InChI is InChI=1S/C16H13BrN2O2/c17-13-3-1-2-12(10-13)11-16(20)19-14-4-6-15(7-5-14)21-9-8-18/h1-7,10H,9,11H2,(H,19,20). The fourth-order valence-corrected chi connectivity index (χ4v) is 2.23. The number of amides is 1. The van der Waals surface area contributed by atoms with Gasteiger partial charge in [-0.25, -0.2) is 0 Å². The molecule has 2 rings (SSSR count). The van der Waals surface area contributed by atoms with Gasteiger partial charge in [0, 0.05) is 10.2 Å². The summed E-state index contributed by atoms with van der Waals surface area (Å²) in [6.07, 6.45) is 0.312. The predicted octanol–water partition coefficient (Wildman–Crippen LogP) is 3.53. The second-order valence-electron chi connectivity index (χ2n) is 4.33. The minimum absolute atomic E-state index is 0.00852. The first kappa shape index (κ1) is 15.1. The molecule has 2 aromatic rings. The Morgan fingerprint density at radius 3 is 2.67 bits per heavy atom. The summed E-state index contributed by atoms with van der Waals surface area (Å²) in [5.41, 5.74) is 1.63. The van der Waals surface area contributed by atoms with Crippen LogP contribution >= 0.6 is 15.9 Å². The highest BCUT2D eigenvalue weighted by Crippen LogP contribution is 2.16. The maximum Gasteiger partial charge on any atom is 0.228 e. The van der Waals surface area contributed by atoms with Crippen LogP contribution in [-0.4, -0.2) is 12.5 Å². The minimum atomic E-state index is -0.0845. The zero-order valence-electron chi connectivity index (χ0n) is 11.2. The third kappa shape index (κ3) is 4.93. The van der Waals surface area contributed by atoms with Crippen molar-refractivity contribution in [3.63, 3.8) is 0 Å². The number of hydrogen-bond donors (Lipinski definition) is 1. The molecule has 0 saturated carbocycles. The van der Waals surface area contributed by atoms with Crippen LogP contribution in [0.25, 0.3) is 0 Å². The average molecular weight is 345 g/mol. The molecule has 0 atom stereocenters. The van der Waals surface area contributed by atoms with Gasteiger partial charge in [0.1, 0.15) is 11.8 Å². The fourth-order valence-electron chi connectivity index (χ4n) is 1.79. The molecule has 4 nitrogen and oxygen atoms in total. The lowest BCUT2D eigenvalue weighted by molar-refractivity contribution is -0.115. The summed E-state index contributed by atoms with van der Waals surface area (Å²) in [5.74, 6) is 0.514. The summed E-state index contributed by atoms with van der Waals surface area (Å²) in [6, 6.07) is 16.4. The van der Waals surface area contributed by atoms with E-state index in [1.807, 2.05) is 30.3 Å². The van der Waals surface area contributed by atoms with Crippen LogP contribution in [0.3, 0.4) is 0 Å². The average Bonchev–Trinajstić information content (AvgIpc) is 2.46. The second kappa shape index (κ2) is 7.46. The number of carbonyl (C=O) groups is 1. The van der Waals surface area contributed by atoms with Crippen molar-refractivity contribution >= 4 is 27.5 Å². The number of nitrogens with zero attached hydrogens (tertiary/aromatic N) is 1. The molecule has 0 radical (unpaired) electrons. The van der Waals surface area contributed by atoms with Gasteiger partial charge in [0.15, 0.2) is 6.61 Å². The van der Waals surface area contributed by atoms with Crippen LogP contribution in [-0.2, 0) is 11.2 Å². The van der Waals surface area contributed by atoms with E-state index in [1.54, 1.807) is 24.3 Å². The molecular formula is C16H13BrN2O2. The largest absolute Gasteiger partial charge is 0.479 e. The minimum Gasteiger partial charge on any atom is -0.479 e. The highest BCUT2D eigenvalue weighted by Gasteiger charge is 2.05. The van der Waals surface area contributed by atoms with Crippen molar-refractivity contribution in [1.82, 2.24) is 0 Å². The zero-order chi connectivity index (χ0) is 15.1. The summed E-state index contributed by atoms with van der Waals surface area (Å²) in [4.78, 5) is 11.9. The van der Waals surface area contributed by atoms with Gasteiger partial charge in [-0.15, -0.1) is 0 Å². The molecule has 0 aromatic heterocycles. The Hall–Kier alpha value is -2.32. The van der Waals surface area contributed by atoms with Crippen molar-refractivity contribution in [2.45, 2.75) is 6.42 Å². The number of rotatable bonds is 5. The van der Waals surface area contributed by atoms with Gasteiger partial charge < -0.3 is 10.1 Å². The Balaban J connectivity index is 1.92. The van der Waals surface area contributed by atoms with Crippen LogP contribution in [0.4, 0.5) is 5.69 Å². The normalized spacial score (nSPS) is 9.71. The van der Waals surface area contributed by atoms with Gasteiger partial charge in [0.25, 0.3) is 0 Å². The molecule has 0 fully saturated rings. The van der Waals surface area contributed by atoms with E-state index >= 15 is 0 Å². The molecule has 0 aliphatic rings. The van der Waals surface area contributed by atoms with Gasteiger partial charge in [-0.2, -0.15) is 5.26 Å². The number of anilines is 1. The Kier molecular flexibility index (Phi) is 5.35. The Morgan fingerprint density at radius 1 is 1.24 bits per heavy atom. The van der Waals surface area contributed by atoms with Crippen molar-refractivity contribution in [3.05, 3.63) is 58.6 Å². The first-order chi connectivity index (χ1) is 10.2. The van der Waals surface area contributed by atoms with E-state index in [-0.39, 0.29) is 12.5 Å². The number of hydrogen-bond acceptors (Lipinski definition) is 3. The van der Waals surface area contributed by atoms with E-state index in [9.17, 15) is 4.79 Å². The maximum atomic E-state index is 11.9. The van der Waals surface area contributed by atoms with Crippen LogP contribution in [0.5, 0.6) is 5.75 Å². The first-order valence-corrected chi connectivity index (χ1v) is 7.11.